The van der Waals surface area contributed by atoms with Gasteiger partial charge in [0, 0.05) is 17.4 Å². The number of nitriles is 1. The molecule has 4 rings (SSSR count). The van der Waals surface area contributed by atoms with Gasteiger partial charge in [0.2, 0.25) is 0 Å². The number of anilines is 1. The number of carbonyl (C=O) groups is 1. The van der Waals surface area contributed by atoms with Gasteiger partial charge in [-0.25, -0.2) is 9.07 Å². The average Bonchev–Trinajstić information content (AvgIpc) is 3.40. The second-order valence-corrected chi connectivity index (χ2v) is 12.0. The van der Waals surface area contributed by atoms with Crippen LogP contribution in [0.25, 0.3) is 5.69 Å². The minimum Gasteiger partial charge on any atom is -0.598 e. The monoisotopic (exact) mass is 583 g/mol. The number of aromatic nitrogens is 2. The van der Waals surface area contributed by atoms with Crippen LogP contribution in [0.2, 0.25) is 0 Å². The van der Waals surface area contributed by atoms with Crippen molar-refractivity contribution in [1.29, 1.82) is 5.26 Å². The van der Waals surface area contributed by atoms with Crippen LogP contribution in [0.3, 0.4) is 0 Å². The highest BCUT2D eigenvalue weighted by Crippen LogP contribution is 2.32. The van der Waals surface area contributed by atoms with E-state index in [2.05, 4.69) is 15.1 Å². The molecule has 4 aromatic rings. The zero-order valence-electron chi connectivity index (χ0n) is 22.2. The van der Waals surface area contributed by atoms with E-state index in [4.69, 9.17) is 0 Å². The molecule has 1 amide bonds. The number of amides is 1. The Hall–Kier alpha value is -4.18. The van der Waals surface area contributed by atoms with Gasteiger partial charge in [0.15, 0.2) is 5.69 Å². The molecule has 0 saturated carbocycles. The summed E-state index contributed by atoms with van der Waals surface area (Å²) in [5.74, 6) is -1.90. The highest BCUT2D eigenvalue weighted by atomic mass is 32.2. The van der Waals surface area contributed by atoms with Crippen LogP contribution in [-0.4, -0.2) is 25.0 Å². The second kappa shape index (κ2) is 11.7. The number of nitrogens with one attached hydrogen (secondary N) is 2. The van der Waals surface area contributed by atoms with Crippen molar-refractivity contribution in [3.63, 3.8) is 0 Å². The molecule has 0 saturated heterocycles. The van der Waals surface area contributed by atoms with Crippen molar-refractivity contribution >= 4 is 23.0 Å². The van der Waals surface area contributed by atoms with Gasteiger partial charge in [-0.1, -0.05) is 42.5 Å². The first kappa shape index (κ1) is 29.8. The minimum absolute atomic E-state index is 0.0388. The van der Waals surface area contributed by atoms with Gasteiger partial charge in [0.25, 0.3) is 5.91 Å². The summed E-state index contributed by atoms with van der Waals surface area (Å²) in [6, 6.07) is 20.2. The van der Waals surface area contributed by atoms with Crippen molar-refractivity contribution in [2.45, 2.75) is 37.7 Å². The number of benzene rings is 3. The molecular formula is C29H25F4N5O2S. The zero-order chi connectivity index (χ0) is 29.9. The van der Waals surface area contributed by atoms with E-state index in [-0.39, 0.29) is 16.9 Å². The van der Waals surface area contributed by atoms with Crippen LogP contribution in [0, 0.1) is 17.1 Å². The lowest BCUT2D eigenvalue weighted by Crippen LogP contribution is -2.41. The lowest BCUT2D eigenvalue weighted by atomic mass is 9.99. The molecule has 0 spiro atoms. The van der Waals surface area contributed by atoms with E-state index in [1.807, 2.05) is 12.1 Å². The van der Waals surface area contributed by atoms with Crippen LogP contribution in [0.5, 0.6) is 0 Å². The van der Waals surface area contributed by atoms with Crippen LogP contribution in [0.15, 0.2) is 78.9 Å². The number of hydrogen-bond acceptors (Lipinski definition) is 5. The molecule has 0 aliphatic carbocycles. The van der Waals surface area contributed by atoms with Gasteiger partial charge in [0.05, 0.1) is 23.0 Å². The van der Waals surface area contributed by atoms with Crippen LogP contribution in [0.1, 0.15) is 59.7 Å². The summed E-state index contributed by atoms with van der Waals surface area (Å²) in [4.78, 5) is 13.3. The fourth-order valence-corrected chi connectivity index (χ4v) is 4.69. The topological polar surface area (TPSA) is 106 Å². The maximum atomic E-state index is 14.9. The fraction of sp³-hybridized carbons (Fsp3) is 0.207. The molecule has 2 N–H and O–H groups in total. The molecule has 7 nitrogen and oxygen atoms in total. The van der Waals surface area contributed by atoms with E-state index < -0.39 is 51.4 Å². The summed E-state index contributed by atoms with van der Waals surface area (Å²) in [5.41, 5.74) is -0.804. The van der Waals surface area contributed by atoms with Crippen LogP contribution < -0.4 is 10.0 Å². The van der Waals surface area contributed by atoms with Crippen molar-refractivity contribution < 1.29 is 26.9 Å². The maximum Gasteiger partial charge on any atom is 0.435 e. The molecule has 3 aromatic carbocycles. The summed E-state index contributed by atoms with van der Waals surface area (Å²) in [5, 5.41) is 15.1. The van der Waals surface area contributed by atoms with Crippen LogP contribution >= 0.6 is 0 Å². The molecule has 1 aromatic heterocycles. The zero-order valence-corrected chi connectivity index (χ0v) is 23.0. The van der Waals surface area contributed by atoms with Crippen molar-refractivity contribution in [3.8, 4) is 11.8 Å². The van der Waals surface area contributed by atoms with E-state index >= 15 is 0 Å². The standard InChI is InChI=1S/C29H25F4N5O2S/c1-28(2,3)41(40)37-26(19-9-5-4-6-10-19)20-12-13-22(30)23(15-20)35-27(39)24-16-25(29(31,32)33)36-38(24)21-11-7-8-18(14-21)17-34/h4-16,26,37H,1-3H3,(H,35,39)/t26-,41?/m1/s1. The van der Waals surface area contributed by atoms with Gasteiger partial charge >= 0.3 is 6.18 Å². The number of rotatable bonds is 7. The summed E-state index contributed by atoms with van der Waals surface area (Å²) < 4.78 is 71.7. The molecule has 1 unspecified atom stereocenters. The molecule has 0 aliphatic heterocycles. The van der Waals surface area contributed by atoms with E-state index in [0.29, 0.717) is 11.6 Å². The molecule has 2 atom stereocenters. The Bertz CT molecular complexity index is 1590. The number of nitrogens with zero attached hydrogens (tertiary/aromatic N) is 3. The van der Waals surface area contributed by atoms with Crippen LogP contribution in [0.4, 0.5) is 23.2 Å². The molecule has 212 valence electrons. The number of alkyl halides is 3. The van der Waals surface area contributed by atoms with Crippen molar-refractivity contribution in [1.82, 2.24) is 14.5 Å². The third kappa shape index (κ3) is 6.94. The molecule has 41 heavy (non-hydrogen) atoms. The molecule has 0 bridgehead atoms. The summed E-state index contributed by atoms with van der Waals surface area (Å²) in [6.45, 7) is 5.37. The van der Waals surface area contributed by atoms with E-state index in [1.165, 1.54) is 36.4 Å². The Morgan fingerprint density at radius 3 is 2.34 bits per heavy atom. The number of hydrogen-bond donors (Lipinski definition) is 2. The second-order valence-electron chi connectivity index (χ2n) is 10.0. The summed E-state index contributed by atoms with van der Waals surface area (Å²) in [7, 11) is 0. The van der Waals surface area contributed by atoms with Gasteiger partial charge in [0.1, 0.15) is 22.3 Å². The van der Waals surface area contributed by atoms with Gasteiger partial charge in [-0.3, -0.25) is 4.79 Å². The van der Waals surface area contributed by atoms with Crippen molar-refractivity contribution in [2.75, 3.05) is 5.32 Å². The van der Waals surface area contributed by atoms with E-state index in [1.54, 1.807) is 45.0 Å². The summed E-state index contributed by atoms with van der Waals surface area (Å²) in [6.07, 6.45) is -4.87. The fourth-order valence-electron chi connectivity index (χ4n) is 3.85. The Labute approximate surface area is 237 Å². The first-order valence-electron chi connectivity index (χ1n) is 12.3. The predicted octanol–water partition coefficient (Wildman–Crippen LogP) is 6.30. The van der Waals surface area contributed by atoms with E-state index in [0.717, 1.165) is 16.3 Å². The lowest BCUT2D eigenvalue weighted by Gasteiger charge is -2.28. The molecule has 0 fully saturated rings. The third-order valence-electron chi connectivity index (χ3n) is 5.94. The molecule has 0 radical (unpaired) electrons. The van der Waals surface area contributed by atoms with Gasteiger partial charge in [-0.2, -0.15) is 23.5 Å². The molecular weight excluding hydrogens is 558 g/mol. The molecule has 0 aliphatic rings. The number of halogens is 4. The number of carbonyl (C=O) groups excluding carboxylic acids is 1. The minimum atomic E-state index is -4.87. The normalized spacial score (nSPS) is 13.3. The Morgan fingerprint density at radius 2 is 1.71 bits per heavy atom. The van der Waals surface area contributed by atoms with Gasteiger partial charge < -0.3 is 9.87 Å². The Balaban J connectivity index is 1.73. The van der Waals surface area contributed by atoms with Gasteiger partial charge in [-0.15, -0.1) is 4.72 Å². The van der Waals surface area contributed by atoms with Crippen LogP contribution in [-0.2, 0) is 17.5 Å². The largest absolute Gasteiger partial charge is 0.598 e. The Kier molecular flexibility index (Phi) is 8.53. The highest BCUT2D eigenvalue weighted by molar-refractivity contribution is 7.90. The average molecular weight is 584 g/mol. The smallest absolute Gasteiger partial charge is 0.435 e. The van der Waals surface area contributed by atoms with Crippen molar-refractivity contribution in [3.05, 3.63) is 113 Å². The van der Waals surface area contributed by atoms with E-state index in [9.17, 15) is 32.2 Å². The first-order chi connectivity index (χ1) is 19.3. The Morgan fingerprint density at radius 1 is 1.00 bits per heavy atom. The SMILES string of the molecule is CC(C)(C)[S+]([O-])N[C@H](c1ccccc1)c1ccc(F)c(NC(=O)c2cc(C(F)(F)F)nn2-c2cccc(C#N)c2)c1. The van der Waals surface area contributed by atoms with Gasteiger partial charge in [-0.05, 0) is 62.2 Å². The van der Waals surface area contributed by atoms with Crippen molar-refractivity contribution in [2.24, 2.45) is 0 Å². The predicted molar refractivity (Wildman–Crippen MR) is 147 cm³/mol. The third-order valence-corrected chi connectivity index (χ3v) is 7.50. The lowest BCUT2D eigenvalue weighted by molar-refractivity contribution is -0.141. The maximum absolute atomic E-state index is 14.9. The quantitative estimate of drug-likeness (QED) is 0.196. The first-order valence-corrected chi connectivity index (χ1v) is 13.4. The highest BCUT2D eigenvalue weighted by Gasteiger charge is 2.36. The molecule has 1 heterocycles. The summed E-state index contributed by atoms with van der Waals surface area (Å²) >= 11 is -1.53. The molecule has 12 heteroatoms.